The smallest absolute Gasteiger partial charge is 0.338 e. The van der Waals surface area contributed by atoms with Crippen LogP contribution in [0.15, 0.2) is 24.3 Å². The van der Waals surface area contributed by atoms with Gasteiger partial charge in [0.2, 0.25) is 0 Å². The van der Waals surface area contributed by atoms with E-state index in [2.05, 4.69) is 0 Å². The second-order valence-electron chi connectivity index (χ2n) is 7.36. The van der Waals surface area contributed by atoms with Crippen LogP contribution in [0.1, 0.15) is 48.9 Å². The largest absolute Gasteiger partial charge is 0.452 e. The SMILES string of the molecule is CN(C)c1cccc(C(=O)OCC(=O)N2CCC[C@H]3CCCC[C@H]32)c1. The lowest BCUT2D eigenvalue weighted by Crippen LogP contribution is -2.50. The van der Waals surface area contributed by atoms with E-state index in [1.165, 1.54) is 25.7 Å². The lowest BCUT2D eigenvalue weighted by Gasteiger charge is -2.44. The summed E-state index contributed by atoms with van der Waals surface area (Å²) in [6.45, 7) is 0.641. The zero-order valence-electron chi connectivity index (χ0n) is 15.2. The van der Waals surface area contributed by atoms with Gasteiger partial charge in [-0.05, 0) is 49.8 Å². The summed E-state index contributed by atoms with van der Waals surface area (Å²) < 4.78 is 5.31. The van der Waals surface area contributed by atoms with E-state index in [0.29, 0.717) is 17.5 Å². The maximum Gasteiger partial charge on any atom is 0.338 e. The average Bonchev–Trinajstić information content (AvgIpc) is 2.65. The first-order valence-electron chi connectivity index (χ1n) is 9.30. The van der Waals surface area contributed by atoms with Crippen molar-refractivity contribution in [1.29, 1.82) is 0 Å². The van der Waals surface area contributed by atoms with E-state index in [0.717, 1.165) is 25.1 Å². The van der Waals surface area contributed by atoms with E-state index in [1.807, 2.05) is 36.0 Å². The van der Waals surface area contributed by atoms with Crippen LogP contribution in [0.3, 0.4) is 0 Å². The van der Waals surface area contributed by atoms with Crippen molar-refractivity contribution in [3.8, 4) is 0 Å². The highest BCUT2D eigenvalue weighted by Crippen LogP contribution is 2.35. The number of carbonyl (C=O) groups is 2. The Labute approximate surface area is 149 Å². The van der Waals surface area contributed by atoms with Crippen molar-refractivity contribution in [2.75, 3.05) is 32.1 Å². The number of rotatable bonds is 4. The van der Waals surface area contributed by atoms with Gasteiger partial charge in [0.25, 0.3) is 5.91 Å². The van der Waals surface area contributed by atoms with Crippen molar-refractivity contribution in [1.82, 2.24) is 4.90 Å². The minimum Gasteiger partial charge on any atom is -0.452 e. The Morgan fingerprint density at radius 2 is 1.92 bits per heavy atom. The Morgan fingerprint density at radius 3 is 2.72 bits per heavy atom. The van der Waals surface area contributed by atoms with Crippen LogP contribution in [-0.2, 0) is 9.53 Å². The number of carbonyl (C=O) groups excluding carboxylic acids is 2. The molecule has 0 radical (unpaired) electrons. The first-order chi connectivity index (χ1) is 12.1. The van der Waals surface area contributed by atoms with Crippen molar-refractivity contribution in [3.63, 3.8) is 0 Å². The van der Waals surface area contributed by atoms with E-state index in [4.69, 9.17) is 4.74 Å². The fourth-order valence-electron chi connectivity index (χ4n) is 4.14. The summed E-state index contributed by atoms with van der Waals surface area (Å²) >= 11 is 0. The number of piperidine rings is 1. The first kappa shape index (κ1) is 17.8. The van der Waals surface area contributed by atoms with E-state index >= 15 is 0 Å². The van der Waals surface area contributed by atoms with Crippen molar-refractivity contribution in [2.45, 2.75) is 44.6 Å². The number of hydrogen-bond acceptors (Lipinski definition) is 4. The molecule has 136 valence electrons. The second kappa shape index (κ2) is 7.89. The van der Waals surface area contributed by atoms with Crippen LogP contribution < -0.4 is 4.90 Å². The number of nitrogens with zero attached hydrogens (tertiary/aromatic N) is 2. The fourth-order valence-corrected chi connectivity index (χ4v) is 4.14. The second-order valence-corrected chi connectivity index (χ2v) is 7.36. The quantitative estimate of drug-likeness (QED) is 0.788. The predicted octanol–water partition coefficient (Wildman–Crippen LogP) is 3.09. The van der Waals surface area contributed by atoms with Gasteiger partial charge in [-0.15, -0.1) is 0 Å². The van der Waals surface area contributed by atoms with Crippen LogP contribution in [0.5, 0.6) is 0 Å². The Hall–Kier alpha value is -2.04. The van der Waals surface area contributed by atoms with Gasteiger partial charge < -0.3 is 14.5 Å². The minimum absolute atomic E-state index is 0.0475. The molecule has 5 heteroatoms. The topological polar surface area (TPSA) is 49.9 Å². The van der Waals surface area contributed by atoms with Gasteiger partial charge in [-0.25, -0.2) is 4.79 Å². The van der Waals surface area contributed by atoms with Crippen molar-refractivity contribution in [2.24, 2.45) is 5.92 Å². The molecule has 1 aromatic rings. The molecule has 1 aliphatic carbocycles. The molecule has 5 nitrogen and oxygen atoms in total. The van der Waals surface area contributed by atoms with Crippen molar-refractivity contribution in [3.05, 3.63) is 29.8 Å². The summed E-state index contributed by atoms with van der Waals surface area (Å²) in [6, 6.07) is 7.61. The predicted molar refractivity (Wildman–Crippen MR) is 97.7 cm³/mol. The Kier molecular flexibility index (Phi) is 5.61. The standard InChI is InChI=1S/C20H28N2O3/c1-21(2)17-10-5-8-16(13-17)20(24)25-14-19(23)22-12-6-9-15-7-3-4-11-18(15)22/h5,8,10,13,15,18H,3-4,6-7,9,11-12,14H2,1-2H3/t15-,18-/m1/s1. The highest BCUT2D eigenvalue weighted by molar-refractivity contribution is 5.92. The molecule has 0 unspecified atom stereocenters. The lowest BCUT2D eigenvalue weighted by atomic mass is 9.78. The van der Waals surface area contributed by atoms with Crippen molar-refractivity contribution < 1.29 is 14.3 Å². The summed E-state index contributed by atoms with van der Waals surface area (Å²) in [7, 11) is 3.84. The number of ether oxygens (including phenoxy) is 1. The van der Waals surface area contributed by atoms with Crippen LogP contribution in [-0.4, -0.2) is 50.1 Å². The van der Waals surface area contributed by atoms with Crippen LogP contribution in [0, 0.1) is 5.92 Å². The molecule has 25 heavy (non-hydrogen) atoms. The van der Waals surface area contributed by atoms with Gasteiger partial charge in [0.05, 0.1) is 5.56 Å². The molecule has 1 aromatic carbocycles. The summed E-state index contributed by atoms with van der Waals surface area (Å²) in [4.78, 5) is 28.8. The minimum atomic E-state index is -0.436. The lowest BCUT2D eigenvalue weighted by molar-refractivity contribution is -0.140. The van der Waals surface area contributed by atoms with Gasteiger partial charge in [-0.2, -0.15) is 0 Å². The van der Waals surface area contributed by atoms with Gasteiger partial charge in [-0.1, -0.05) is 18.9 Å². The van der Waals surface area contributed by atoms with Crippen LogP contribution in [0.2, 0.25) is 0 Å². The van der Waals surface area contributed by atoms with Crippen LogP contribution >= 0.6 is 0 Å². The molecule has 1 heterocycles. The number of esters is 1. The zero-order chi connectivity index (χ0) is 17.8. The Morgan fingerprint density at radius 1 is 1.16 bits per heavy atom. The highest BCUT2D eigenvalue weighted by Gasteiger charge is 2.35. The van der Waals surface area contributed by atoms with Gasteiger partial charge in [0, 0.05) is 32.4 Å². The molecule has 1 saturated carbocycles. The molecule has 1 saturated heterocycles. The monoisotopic (exact) mass is 344 g/mol. The van der Waals surface area contributed by atoms with Gasteiger partial charge in [-0.3, -0.25) is 4.79 Å². The van der Waals surface area contributed by atoms with Crippen LogP contribution in [0.25, 0.3) is 0 Å². The molecule has 2 fully saturated rings. The van der Waals surface area contributed by atoms with E-state index in [9.17, 15) is 9.59 Å². The van der Waals surface area contributed by atoms with Gasteiger partial charge >= 0.3 is 5.97 Å². The summed E-state index contributed by atoms with van der Waals surface area (Å²) in [5, 5.41) is 0. The van der Waals surface area contributed by atoms with E-state index in [1.54, 1.807) is 12.1 Å². The zero-order valence-corrected chi connectivity index (χ0v) is 15.2. The molecule has 1 amide bonds. The molecular weight excluding hydrogens is 316 g/mol. The number of hydrogen-bond donors (Lipinski definition) is 0. The third kappa shape index (κ3) is 4.14. The fraction of sp³-hybridized carbons (Fsp3) is 0.600. The number of likely N-dealkylation sites (tertiary alicyclic amines) is 1. The molecule has 2 aliphatic rings. The van der Waals surface area contributed by atoms with Crippen LogP contribution in [0.4, 0.5) is 5.69 Å². The highest BCUT2D eigenvalue weighted by atomic mass is 16.5. The summed E-state index contributed by atoms with van der Waals surface area (Å²) in [5.74, 6) is 0.155. The first-order valence-corrected chi connectivity index (χ1v) is 9.30. The van der Waals surface area contributed by atoms with Gasteiger partial charge in [0.15, 0.2) is 6.61 Å². The third-order valence-corrected chi connectivity index (χ3v) is 5.49. The number of amides is 1. The normalized spacial score (nSPS) is 22.9. The number of fused-ring (bicyclic) bond motifs is 1. The summed E-state index contributed by atoms with van der Waals surface area (Å²) in [6.07, 6.45) is 7.08. The molecule has 0 N–H and O–H groups in total. The molecule has 2 atom stereocenters. The van der Waals surface area contributed by atoms with Crippen molar-refractivity contribution >= 4 is 17.6 Å². The molecule has 3 rings (SSSR count). The van der Waals surface area contributed by atoms with E-state index < -0.39 is 5.97 Å². The third-order valence-electron chi connectivity index (χ3n) is 5.49. The van der Waals surface area contributed by atoms with Gasteiger partial charge in [0.1, 0.15) is 0 Å². The van der Waals surface area contributed by atoms with E-state index in [-0.39, 0.29) is 12.5 Å². The number of anilines is 1. The molecule has 0 spiro atoms. The summed E-state index contributed by atoms with van der Waals surface area (Å²) in [5.41, 5.74) is 1.41. The molecule has 1 aliphatic heterocycles. The maximum absolute atomic E-state index is 12.6. The average molecular weight is 344 g/mol. The maximum atomic E-state index is 12.6. The molecule has 0 bridgehead atoms. The molecule has 0 aromatic heterocycles. The Balaban J connectivity index is 1.58. The number of benzene rings is 1. The Bertz CT molecular complexity index is 627. The molecular formula is C20H28N2O3.